The number of rotatable bonds is 3. The van der Waals surface area contributed by atoms with E-state index in [1.807, 2.05) is 11.8 Å². The molecule has 1 aromatic heterocycles. The third-order valence-electron chi connectivity index (χ3n) is 4.16. The molecule has 1 amide bonds. The quantitative estimate of drug-likeness (QED) is 0.867. The highest BCUT2D eigenvalue weighted by atomic mass is 32.1. The normalized spacial score (nSPS) is 15.1. The fourth-order valence-corrected chi connectivity index (χ4v) is 3.63. The number of benzene rings is 1. The molecule has 6 heteroatoms. The molecule has 1 saturated heterocycles. The molecule has 1 aromatic carbocycles. The molecule has 2 heterocycles. The molecule has 0 saturated carbocycles. The predicted octanol–water partition coefficient (Wildman–Crippen LogP) is 2.79. The van der Waals surface area contributed by atoms with E-state index in [9.17, 15) is 9.18 Å². The van der Waals surface area contributed by atoms with Crippen LogP contribution in [0.2, 0.25) is 0 Å². The van der Waals surface area contributed by atoms with Crippen molar-refractivity contribution < 1.29 is 9.18 Å². The Morgan fingerprint density at radius 2 is 2.00 bits per heavy atom. The zero-order chi connectivity index (χ0) is 16.4. The third-order valence-corrected chi connectivity index (χ3v) is 5.30. The van der Waals surface area contributed by atoms with Gasteiger partial charge in [-0.1, -0.05) is 12.1 Å². The number of hydrogen-bond donors (Lipinski definition) is 0. The standard InChI is InChI=1S/C17H20FN3OS/c1-12-13(2)23-17(19-12)21-8-6-20(7-9-21)16(22)11-14-4-3-5-15(18)10-14/h3-5,10H,6-9,11H2,1-2H3. The maximum atomic E-state index is 13.2. The summed E-state index contributed by atoms with van der Waals surface area (Å²) in [5.74, 6) is -0.239. The Morgan fingerprint density at radius 3 is 2.61 bits per heavy atom. The van der Waals surface area contributed by atoms with Gasteiger partial charge in [0.2, 0.25) is 5.91 Å². The lowest BCUT2D eigenvalue weighted by Gasteiger charge is -2.34. The van der Waals surface area contributed by atoms with E-state index in [0.717, 1.165) is 29.5 Å². The zero-order valence-electron chi connectivity index (χ0n) is 13.4. The van der Waals surface area contributed by atoms with Gasteiger partial charge in [-0.05, 0) is 31.5 Å². The van der Waals surface area contributed by atoms with Gasteiger partial charge in [0.15, 0.2) is 5.13 Å². The number of carbonyl (C=O) groups is 1. The molecule has 4 nitrogen and oxygen atoms in total. The van der Waals surface area contributed by atoms with Crippen molar-refractivity contribution in [3.8, 4) is 0 Å². The minimum atomic E-state index is -0.297. The van der Waals surface area contributed by atoms with Crippen LogP contribution in [0, 0.1) is 19.7 Å². The number of aromatic nitrogens is 1. The topological polar surface area (TPSA) is 36.4 Å². The molecule has 122 valence electrons. The number of anilines is 1. The molecule has 3 rings (SSSR count). The van der Waals surface area contributed by atoms with Gasteiger partial charge >= 0.3 is 0 Å². The van der Waals surface area contributed by atoms with Crippen LogP contribution in [0.3, 0.4) is 0 Å². The van der Waals surface area contributed by atoms with Crippen LogP contribution < -0.4 is 4.90 Å². The number of aryl methyl sites for hydroxylation is 2. The Kier molecular flexibility index (Phi) is 4.61. The van der Waals surface area contributed by atoms with Crippen LogP contribution in [0.15, 0.2) is 24.3 Å². The minimum absolute atomic E-state index is 0.0572. The SMILES string of the molecule is Cc1nc(N2CCN(C(=O)Cc3cccc(F)c3)CC2)sc1C. The largest absolute Gasteiger partial charge is 0.345 e. The van der Waals surface area contributed by atoms with Crippen LogP contribution >= 0.6 is 11.3 Å². The first-order valence-corrected chi connectivity index (χ1v) is 8.56. The van der Waals surface area contributed by atoms with Gasteiger partial charge < -0.3 is 9.80 Å². The first-order valence-electron chi connectivity index (χ1n) is 7.74. The second kappa shape index (κ2) is 6.66. The van der Waals surface area contributed by atoms with Gasteiger partial charge in [-0.2, -0.15) is 0 Å². The van der Waals surface area contributed by atoms with Crippen molar-refractivity contribution in [3.05, 3.63) is 46.2 Å². The van der Waals surface area contributed by atoms with Crippen LogP contribution in [0.1, 0.15) is 16.1 Å². The maximum absolute atomic E-state index is 13.2. The molecule has 0 radical (unpaired) electrons. The molecule has 0 unspecified atom stereocenters. The van der Waals surface area contributed by atoms with Crippen molar-refractivity contribution >= 4 is 22.4 Å². The molecule has 0 spiro atoms. The lowest BCUT2D eigenvalue weighted by atomic mass is 10.1. The average Bonchev–Trinajstić information content (AvgIpc) is 2.87. The van der Waals surface area contributed by atoms with Crippen LogP contribution in [0.25, 0.3) is 0 Å². The Hall–Kier alpha value is -1.95. The van der Waals surface area contributed by atoms with Crippen molar-refractivity contribution in [3.63, 3.8) is 0 Å². The number of thiazole rings is 1. The van der Waals surface area contributed by atoms with Crippen molar-refractivity contribution in [2.75, 3.05) is 31.1 Å². The average molecular weight is 333 g/mol. The van der Waals surface area contributed by atoms with Gasteiger partial charge in [0.05, 0.1) is 12.1 Å². The van der Waals surface area contributed by atoms with Gasteiger partial charge in [-0.15, -0.1) is 11.3 Å². The molecule has 0 atom stereocenters. The lowest BCUT2D eigenvalue weighted by molar-refractivity contribution is -0.130. The van der Waals surface area contributed by atoms with Crippen molar-refractivity contribution in [2.24, 2.45) is 0 Å². The number of hydrogen-bond acceptors (Lipinski definition) is 4. The smallest absolute Gasteiger partial charge is 0.227 e. The second-order valence-electron chi connectivity index (χ2n) is 5.81. The van der Waals surface area contributed by atoms with Gasteiger partial charge in [0.1, 0.15) is 5.82 Å². The van der Waals surface area contributed by atoms with Crippen LogP contribution in [-0.2, 0) is 11.2 Å². The second-order valence-corrected chi connectivity index (χ2v) is 6.99. The van der Waals surface area contributed by atoms with E-state index in [-0.39, 0.29) is 18.1 Å². The van der Waals surface area contributed by atoms with Crippen molar-refractivity contribution in [2.45, 2.75) is 20.3 Å². The van der Waals surface area contributed by atoms with E-state index in [2.05, 4.69) is 16.8 Å². The Balaban J connectivity index is 1.57. The summed E-state index contributed by atoms with van der Waals surface area (Å²) in [5.41, 5.74) is 1.80. The minimum Gasteiger partial charge on any atom is -0.345 e. The fourth-order valence-electron chi connectivity index (χ4n) is 2.67. The number of nitrogens with zero attached hydrogens (tertiary/aromatic N) is 3. The summed E-state index contributed by atoms with van der Waals surface area (Å²) in [7, 11) is 0. The summed E-state index contributed by atoms with van der Waals surface area (Å²) < 4.78 is 13.2. The highest BCUT2D eigenvalue weighted by Crippen LogP contribution is 2.26. The zero-order valence-corrected chi connectivity index (χ0v) is 14.2. The fraction of sp³-hybridized carbons (Fsp3) is 0.412. The molecule has 2 aromatic rings. The van der Waals surface area contributed by atoms with E-state index in [1.165, 1.54) is 17.0 Å². The summed E-state index contributed by atoms with van der Waals surface area (Å²) in [6.45, 7) is 7.06. The van der Waals surface area contributed by atoms with Gasteiger partial charge in [0.25, 0.3) is 0 Å². The summed E-state index contributed by atoms with van der Waals surface area (Å²) >= 11 is 1.70. The molecule has 0 bridgehead atoms. The Labute approximate surface area is 139 Å². The van der Waals surface area contributed by atoms with E-state index in [1.54, 1.807) is 23.5 Å². The van der Waals surface area contributed by atoms with Crippen molar-refractivity contribution in [1.82, 2.24) is 9.88 Å². The lowest BCUT2D eigenvalue weighted by Crippen LogP contribution is -2.49. The summed E-state index contributed by atoms with van der Waals surface area (Å²) in [6, 6.07) is 6.25. The van der Waals surface area contributed by atoms with Gasteiger partial charge in [-0.3, -0.25) is 4.79 Å². The van der Waals surface area contributed by atoms with Crippen LogP contribution in [0.5, 0.6) is 0 Å². The molecular weight excluding hydrogens is 313 g/mol. The highest BCUT2D eigenvalue weighted by Gasteiger charge is 2.23. The number of piperazine rings is 1. The molecule has 0 N–H and O–H groups in total. The molecule has 1 aliphatic rings. The van der Waals surface area contributed by atoms with E-state index in [4.69, 9.17) is 0 Å². The molecule has 1 fully saturated rings. The molecule has 1 aliphatic heterocycles. The van der Waals surface area contributed by atoms with Gasteiger partial charge in [0, 0.05) is 31.1 Å². The monoisotopic (exact) mass is 333 g/mol. The predicted molar refractivity (Wildman–Crippen MR) is 90.5 cm³/mol. The Bertz CT molecular complexity index is 688. The van der Waals surface area contributed by atoms with Crippen LogP contribution in [0.4, 0.5) is 9.52 Å². The van der Waals surface area contributed by atoms with Crippen LogP contribution in [-0.4, -0.2) is 42.0 Å². The number of amides is 1. The van der Waals surface area contributed by atoms with Crippen molar-refractivity contribution in [1.29, 1.82) is 0 Å². The Morgan fingerprint density at radius 1 is 1.26 bits per heavy atom. The van der Waals surface area contributed by atoms with E-state index < -0.39 is 0 Å². The molecular formula is C17H20FN3OS. The summed E-state index contributed by atoms with van der Waals surface area (Å²) in [4.78, 5) is 22.3. The summed E-state index contributed by atoms with van der Waals surface area (Å²) in [6.07, 6.45) is 0.257. The summed E-state index contributed by atoms with van der Waals surface area (Å²) in [5, 5.41) is 1.04. The van der Waals surface area contributed by atoms with Gasteiger partial charge in [-0.25, -0.2) is 9.37 Å². The first kappa shape index (κ1) is 15.9. The first-order chi connectivity index (χ1) is 11.0. The molecule has 23 heavy (non-hydrogen) atoms. The third kappa shape index (κ3) is 3.69. The van der Waals surface area contributed by atoms with E-state index in [0.29, 0.717) is 13.1 Å². The number of carbonyl (C=O) groups excluding carboxylic acids is 1. The van der Waals surface area contributed by atoms with E-state index >= 15 is 0 Å². The maximum Gasteiger partial charge on any atom is 0.227 e. The highest BCUT2D eigenvalue weighted by molar-refractivity contribution is 7.15. The number of halogens is 1. The molecule has 0 aliphatic carbocycles.